The van der Waals surface area contributed by atoms with Gasteiger partial charge in [-0.3, -0.25) is 0 Å². The molecule has 0 unspecified atom stereocenters. The molecule has 0 atom stereocenters. The third-order valence-corrected chi connectivity index (χ3v) is 5.28. The summed E-state index contributed by atoms with van der Waals surface area (Å²) in [5.74, 6) is 0.666. The molecule has 2 aromatic carbocycles. The fourth-order valence-electron chi connectivity index (χ4n) is 2.62. The number of fused-ring (bicyclic) bond motifs is 1. The number of carbonyl (C=O) groups excluding carboxylic acids is 1. The molecule has 0 aliphatic carbocycles. The number of para-hydroxylation sites is 1. The summed E-state index contributed by atoms with van der Waals surface area (Å²) in [6, 6.07) is 13.6. The lowest BCUT2D eigenvalue weighted by molar-refractivity contribution is -0.139. The summed E-state index contributed by atoms with van der Waals surface area (Å²) in [6.07, 6.45) is 1.66. The van der Waals surface area contributed by atoms with Gasteiger partial charge in [0, 0.05) is 12.6 Å². The molecule has 7 nitrogen and oxygen atoms in total. The minimum Gasteiger partial charge on any atom is -0.493 e. The topological polar surface area (TPSA) is 74.4 Å². The van der Waals surface area contributed by atoms with E-state index in [9.17, 15) is 4.79 Å². The van der Waals surface area contributed by atoms with E-state index in [1.807, 2.05) is 29.8 Å². The van der Waals surface area contributed by atoms with Gasteiger partial charge in [0.05, 0.1) is 23.5 Å². The van der Waals surface area contributed by atoms with Crippen molar-refractivity contribution in [2.24, 2.45) is 17.3 Å². The maximum Gasteiger partial charge on any atom is 0.333 e. The van der Waals surface area contributed by atoms with E-state index in [-0.39, 0.29) is 13.2 Å². The fraction of sp³-hybridized carbons (Fsp3) is 0.227. The smallest absolute Gasteiger partial charge is 0.333 e. The number of aromatic nitrogens is 1. The lowest BCUT2D eigenvalue weighted by Gasteiger charge is -2.11. The molecule has 1 aromatic heterocycles. The Kier molecular flexibility index (Phi) is 7.03. The Balaban J connectivity index is 1.67. The zero-order valence-electron chi connectivity index (χ0n) is 17.1. The Hall–Kier alpha value is -3.39. The van der Waals surface area contributed by atoms with Crippen LogP contribution in [-0.2, 0) is 16.6 Å². The van der Waals surface area contributed by atoms with Crippen molar-refractivity contribution in [3.8, 4) is 11.5 Å². The number of carbonyl (C=O) groups is 1. The van der Waals surface area contributed by atoms with Gasteiger partial charge >= 0.3 is 5.97 Å². The summed E-state index contributed by atoms with van der Waals surface area (Å²) in [4.78, 5) is 12.2. The molecule has 0 radical (unpaired) electrons. The van der Waals surface area contributed by atoms with Crippen LogP contribution in [0.2, 0.25) is 0 Å². The average Bonchev–Trinajstić information content (AvgIpc) is 3.07. The van der Waals surface area contributed by atoms with Crippen molar-refractivity contribution in [3.05, 3.63) is 65.0 Å². The average molecular weight is 426 g/mol. The molecule has 0 fully saturated rings. The van der Waals surface area contributed by atoms with E-state index < -0.39 is 5.97 Å². The van der Waals surface area contributed by atoms with Crippen LogP contribution in [-0.4, -0.2) is 37.1 Å². The molecule has 30 heavy (non-hydrogen) atoms. The van der Waals surface area contributed by atoms with Gasteiger partial charge in [-0.2, -0.15) is 5.10 Å². The normalized spacial score (nSPS) is 11.8. The standard InChI is InChI=1S/C22H23N3O4S/c1-15(2)21(26)29-12-11-28-18-10-9-16(13-19(18)27-4)14-23-24-22-25(3)17-7-5-6-8-20(17)30-22/h5-10,13-14H,1,11-12H2,2-4H3/b23-14-,24-22-. The van der Waals surface area contributed by atoms with Gasteiger partial charge in [0.15, 0.2) is 11.5 Å². The van der Waals surface area contributed by atoms with Gasteiger partial charge in [-0.15, -0.1) is 5.10 Å². The zero-order chi connectivity index (χ0) is 21.5. The second-order valence-corrected chi connectivity index (χ2v) is 7.44. The number of benzene rings is 2. The number of hydrogen-bond acceptors (Lipinski definition) is 7. The highest BCUT2D eigenvalue weighted by Crippen LogP contribution is 2.27. The third-order valence-electron chi connectivity index (χ3n) is 4.18. The SMILES string of the molecule is C=C(C)C(=O)OCCOc1ccc(/C=N\N=c2/sc3ccccc3n2C)cc1OC. The van der Waals surface area contributed by atoms with Crippen molar-refractivity contribution in [1.82, 2.24) is 4.57 Å². The lowest BCUT2D eigenvalue weighted by atomic mass is 10.2. The predicted molar refractivity (Wildman–Crippen MR) is 118 cm³/mol. The third kappa shape index (κ3) is 5.15. The van der Waals surface area contributed by atoms with Crippen molar-refractivity contribution in [1.29, 1.82) is 0 Å². The van der Waals surface area contributed by atoms with Crippen LogP contribution in [0.25, 0.3) is 10.2 Å². The largest absolute Gasteiger partial charge is 0.493 e. The first-order valence-electron chi connectivity index (χ1n) is 9.24. The summed E-state index contributed by atoms with van der Waals surface area (Å²) in [6.45, 7) is 5.47. The molecule has 156 valence electrons. The van der Waals surface area contributed by atoms with Gasteiger partial charge in [0.25, 0.3) is 0 Å². The van der Waals surface area contributed by atoms with E-state index in [0.29, 0.717) is 17.1 Å². The van der Waals surface area contributed by atoms with Crippen LogP contribution >= 0.6 is 11.3 Å². The molecule has 0 spiro atoms. The second-order valence-electron chi connectivity index (χ2n) is 6.43. The van der Waals surface area contributed by atoms with Crippen LogP contribution in [0.15, 0.2) is 64.8 Å². The van der Waals surface area contributed by atoms with Gasteiger partial charge in [-0.1, -0.05) is 30.0 Å². The number of rotatable bonds is 8. The van der Waals surface area contributed by atoms with Crippen LogP contribution in [0, 0.1) is 0 Å². The van der Waals surface area contributed by atoms with Gasteiger partial charge in [-0.05, 0) is 42.8 Å². The Morgan fingerprint density at radius 3 is 2.73 bits per heavy atom. The van der Waals surface area contributed by atoms with Crippen LogP contribution in [0.4, 0.5) is 0 Å². The summed E-state index contributed by atoms with van der Waals surface area (Å²) in [7, 11) is 3.53. The highest BCUT2D eigenvalue weighted by Gasteiger charge is 2.07. The summed E-state index contributed by atoms with van der Waals surface area (Å²) < 4.78 is 19.2. The van der Waals surface area contributed by atoms with Gasteiger partial charge in [-0.25, -0.2) is 4.79 Å². The molecule has 3 rings (SSSR count). The first-order valence-corrected chi connectivity index (χ1v) is 10.1. The summed E-state index contributed by atoms with van der Waals surface area (Å²) >= 11 is 1.58. The number of nitrogens with zero attached hydrogens (tertiary/aromatic N) is 3. The lowest BCUT2D eigenvalue weighted by Crippen LogP contribution is -2.12. The van der Waals surface area contributed by atoms with Crippen LogP contribution in [0.3, 0.4) is 0 Å². The molecule has 0 saturated heterocycles. The molecule has 0 N–H and O–H groups in total. The molecule has 0 bridgehead atoms. The fourth-order valence-corrected chi connectivity index (χ4v) is 3.59. The van der Waals surface area contributed by atoms with Crippen LogP contribution in [0.1, 0.15) is 12.5 Å². The van der Waals surface area contributed by atoms with Crippen molar-refractivity contribution >= 4 is 33.7 Å². The molecule has 0 aliphatic rings. The number of thiazole rings is 1. The van der Waals surface area contributed by atoms with E-state index in [1.165, 1.54) is 0 Å². The van der Waals surface area contributed by atoms with Gasteiger partial charge in [0.2, 0.25) is 4.80 Å². The van der Waals surface area contributed by atoms with E-state index in [4.69, 9.17) is 14.2 Å². The molecule has 0 aliphatic heterocycles. The second kappa shape index (κ2) is 9.89. The Morgan fingerprint density at radius 2 is 2.00 bits per heavy atom. The first kappa shape index (κ1) is 21.3. The number of hydrogen-bond donors (Lipinski definition) is 0. The predicted octanol–water partition coefficient (Wildman–Crippen LogP) is 3.68. The number of methoxy groups -OCH3 is 1. The van der Waals surface area contributed by atoms with Crippen molar-refractivity contribution in [2.75, 3.05) is 20.3 Å². The number of ether oxygens (including phenoxy) is 3. The molecule has 3 aromatic rings. The first-order chi connectivity index (χ1) is 14.5. The Labute approximate surface area is 178 Å². The minimum atomic E-state index is -0.437. The van der Waals surface area contributed by atoms with Gasteiger partial charge < -0.3 is 18.8 Å². The highest BCUT2D eigenvalue weighted by atomic mass is 32.1. The van der Waals surface area contributed by atoms with E-state index in [2.05, 4.69) is 28.9 Å². The number of esters is 1. The molecular weight excluding hydrogens is 402 g/mol. The quantitative estimate of drug-likeness (QED) is 0.181. The Morgan fingerprint density at radius 1 is 1.20 bits per heavy atom. The summed E-state index contributed by atoms with van der Waals surface area (Å²) in [5.41, 5.74) is 2.29. The van der Waals surface area contributed by atoms with Crippen LogP contribution < -0.4 is 14.3 Å². The molecule has 0 saturated carbocycles. The monoisotopic (exact) mass is 425 g/mol. The van der Waals surface area contributed by atoms with Crippen molar-refractivity contribution < 1.29 is 19.0 Å². The Bertz CT molecular complexity index is 1160. The maximum absolute atomic E-state index is 11.4. The molecular formula is C22H23N3O4S. The van der Waals surface area contributed by atoms with E-state index in [0.717, 1.165) is 20.6 Å². The van der Waals surface area contributed by atoms with E-state index >= 15 is 0 Å². The summed E-state index contributed by atoms with van der Waals surface area (Å²) in [5, 5.41) is 8.54. The van der Waals surface area contributed by atoms with Gasteiger partial charge in [0.1, 0.15) is 13.2 Å². The van der Waals surface area contributed by atoms with Crippen molar-refractivity contribution in [3.63, 3.8) is 0 Å². The van der Waals surface area contributed by atoms with Crippen LogP contribution in [0.5, 0.6) is 11.5 Å². The maximum atomic E-state index is 11.4. The number of aryl methyl sites for hydroxylation is 1. The zero-order valence-corrected chi connectivity index (χ0v) is 17.9. The minimum absolute atomic E-state index is 0.128. The van der Waals surface area contributed by atoms with Crippen molar-refractivity contribution in [2.45, 2.75) is 6.92 Å². The molecule has 8 heteroatoms. The highest BCUT2D eigenvalue weighted by molar-refractivity contribution is 7.16. The molecule has 1 heterocycles. The van der Waals surface area contributed by atoms with E-state index in [1.54, 1.807) is 43.7 Å². The molecule has 0 amide bonds.